The molecule has 17 heavy (non-hydrogen) atoms. The van der Waals surface area contributed by atoms with Crippen LogP contribution >= 0.6 is 44.1 Å². The lowest BCUT2D eigenvalue weighted by molar-refractivity contribution is -0.514. The minimum Gasteiger partial charge on any atom is -0.428 e. The predicted molar refractivity (Wildman–Crippen MR) is 71.7 cm³/mol. The highest BCUT2D eigenvalue weighted by molar-refractivity contribution is 9.25. The van der Waals surface area contributed by atoms with E-state index < -0.39 is 14.4 Å². The molecule has 6 nitrogen and oxygen atoms in total. The summed E-state index contributed by atoms with van der Waals surface area (Å²) in [6.45, 7) is 1.31. The van der Waals surface area contributed by atoms with E-state index in [4.69, 9.17) is 10.3 Å². The third-order valence-electron chi connectivity index (χ3n) is 1.55. The normalized spacial score (nSPS) is 12.2. The lowest BCUT2D eigenvalue weighted by Gasteiger charge is -2.13. The van der Waals surface area contributed by atoms with Crippen molar-refractivity contribution in [2.24, 2.45) is 0 Å². The quantitative estimate of drug-likeness (QED) is 0.202. The molecule has 1 rings (SSSR count). The zero-order valence-corrected chi connectivity index (χ0v) is 12.6. The molecule has 1 heterocycles. The Labute approximate surface area is 119 Å². The highest BCUT2D eigenvalue weighted by Crippen LogP contribution is 2.30. The average Bonchev–Trinajstić information content (AvgIpc) is 2.23. The van der Waals surface area contributed by atoms with Gasteiger partial charge in [0.2, 0.25) is 0 Å². The van der Waals surface area contributed by atoms with Gasteiger partial charge in [-0.2, -0.15) is 4.73 Å². The van der Waals surface area contributed by atoms with Crippen LogP contribution in [0.25, 0.3) is 0 Å². The first-order valence-electron chi connectivity index (χ1n) is 4.27. The van der Waals surface area contributed by atoms with E-state index in [0.717, 1.165) is 4.73 Å². The van der Waals surface area contributed by atoms with Crippen LogP contribution in [0, 0.1) is 14.8 Å². The van der Waals surface area contributed by atoms with E-state index in [0.29, 0.717) is 4.64 Å². The number of hydrogen-bond donors (Lipinski definition) is 2. The molecule has 0 aliphatic rings. The Morgan fingerprint density at radius 3 is 2.29 bits per heavy atom. The number of pyridine rings is 1. The number of alkyl halides is 2. The molecule has 9 heteroatoms. The topological polar surface area (TPSA) is 88.5 Å². The van der Waals surface area contributed by atoms with Crippen molar-refractivity contribution in [1.29, 1.82) is 0 Å². The first-order chi connectivity index (χ1) is 7.69. The summed E-state index contributed by atoms with van der Waals surface area (Å²) in [6.07, 6.45) is 0.412. The number of aliphatic hydroxyl groups excluding tert-OH is 1. The Hall–Kier alpha value is -0.510. The molecule has 0 aliphatic heterocycles. The Morgan fingerprint density at radius 2 is 2.12 bits per heavy atom. The van der Waals surface area contributed by atoms with Gasteiger partial charge in [-0.25, -0.2) is 0 Å². The maximum absolute atomic E-state index is 10.0. The van der Waals surface area contributed by atoms with Crippen molar-refractivity contribution in [1.82, 2.24) is 4.73 Å². The summed E-state index contributed by atoms with van der Waals surface area (Å²) in [5.74, 6) is 0. The fraction of sp³-hybridized carbons (Fsp3) is 0.375. The summed E-state index contributed by atoms with van der Waals surface area (Å²) in [5.41, 5.74) is 0. The van der Waals surface area contributed by atoms with Crippen LogP contribution in [-0.4, -0.2) is 29.4 Å². The van der Waals surface area contributed by atoms with Crippen LogP contribution in [0.5, 0.6) is 0 Å². The molecule has 0 aliphatic carbocycles. The molecule has 0 amide bonds. The molecule has 0 aromatic carbocycles. The molecular weight excluding hydrogens is 380 g/mol. The van der Waals surface area contributed by atoms with Gasteiger partial charge < -0.3 is 10.3 Å². The number of rotatable bonds is 2. The third kappa shape index (κ3) is 5.57. The van der Waals surface area contributed by atoms with Crippen molar-refractivity contribution in [2.45, 2.75) is 16.4 Å². The van der Waals surface area contributed by atoms with Crippen molar-refractivity contribution >= 4 is 44.1 Å². The van der Waals surface area contributed by atoms with Crippen LogP contribution in [0.3, 0.4) is 0 Å². The second-order valence-electron chi connectivity index (χ2n) is 2.90. The average molecular weight is 390 g/mol. The number of halogens is 2. The van der Waals surface area contributed by atoms with Gasteiger partial charge in [0.15, 0.2) is 0 Å². The highest BCUT2D eigenvalue weighted by atomic mass is 79.9. The maximum atomic E-state index is 10.0. The van der Waals surface area contributed by atoms with Crippen molar-refractivity contribution in [2.75, 3.05) is 0 Å². The minimum absolute atomic E-state index is 0.424. The fourth-order valence-electron chi connectivity index (χ4n) is 0.571. The van der Waals surface area contributed by atoms with Crippen molar-refractivity contribution < 1.29 is 15.2 Å². The number of hydrogen-bond acceptors (Lipinski definition) is 5. The summed E-state index contributed by atoms with van der Waals surface area (Å²) in [5, 5.41) is 27.5. The summed E-state index contributed by atoms with van der Waals surface area (Å²) in [4.78, 5) is 9.36. The van der Waals surface area contributed by atoms with E-state index in [1.165, 1.54) is 13.1 Å². The van der Waals surface area contributed by atoms with E-state index >= 15 is 0 Å². The minimum atomic E-state index is -1.60. The SMILES string of the molecule is CC(O)C(Br)(Br)[N+](=O)[O-].On1ccccc1=S. The smallest absolute Gasteiger partial charge is 0.351 e. The zero-order chi connectivity index (χ0) is 13.6. The molecule has 0 radical (unpaired) electrons. The lowest BCUT2D eigenvalue weighted by atomic mass is 10.4. The molecule has 1 unspecified atom stereocenters. The number of nitrogens with zero attached hydrogens (tertiary/aromatic N) is 2. The van der Waals surface area contributed by atoms with Gasteiger partial charge in [-0.3, -0.25) is 10.1 Å². The van der Waals surface area contributed by atoms with Crippen LogP contribution in [0.1, 0.15) is 6.92 Å². The molecule has 1 aromatic heterocycles. The van der Waals surface area contributed by atoms with Gasteiger partial charge in [0.05, 0.1) is 4.92 Å². The van der Waals surface area contributed by atoms with Crippen LogP contribution in [0.15, 0.2) is 24.4 Å². The number of aromatic nitrogens is 1. The van der Waals surface area contributed by atoms with E-state index in [9.17, 15) is 10.1 Å². The van der Waals surface area contributed by atoms with Gasteiger partial charge in [-0.15, -0.1) is 0 Å². The standard InChI is InChI=1S/C5H5NOS.C3H5Br2NO3/c7-6-4-2-1-3-5(6)8;1-2(7)3(4,5)6(8)9/h1-4,7H;2,7H,1H3. The molecule has 0 bridgehead atoms. The van der Waals surface area contributed by atoms with Gasteiger partial charge in [0.1, 0.15) is 10.7 Å². The number of nitro groups is 1. The summed E-state index contributed by atoms with van der Waals surface area (Å²) in [7, 11) is 0. The van der Waals surface area contributed by atoms with Gasteiger partial charge >= 0.3 is 3.36 Å². The molecular formula is C8H10Br2N2O4S. The van der Waals surface area contributed by atoms with E-state index in [1.807, 2.05) is 0 Å². The Morgan fingerprint density at radius 1 is 1.59 bits per heavy atom. The van der Waals surface area contributed by atoms with Crippen LogP contribution in [0.4, 0.5) is 0 Å². The lowest BCUT2D eigenvalue weighted by Crippen LogP contribution is -2.35. The van der Waals surface area contributed by atoms with Crippen LogP contribution < -0.4 is 0 Å². The Kier molecular flexibility index (Phi) is 6.83. The van der Waals surface area contributed by atoms with Gasteiger partial charge in [0.25, 0.3) is 0 Å². The van der Waals surface area contributed by atoms with Crippen molar-refractivity contribution in [3.05, 3.63) is 39.2 Å². The Balaban J connectivity index is 0.000000302. The van der Waals surface area contributed by atoms with E-state index in [1.54, 1.807) is 18.2 Å². The second-order valence-corrected chi connectivity index (χ2v) is 6.80. The summed E-state index contributed by atoms with van der Waals surface area (Å²) < 4.78 is -0.275. The monoisotopic (exact) mass is 388 g/mol. The van der Waals surface area contributed by atoms with E-state index in [2.05, 4.69) is 44.1 Å². The zero-order valence-electron chi connectivity index (χ0n) is 8.66. The second kappa shape index (κ2) is 7.04. The van der Waals surface area contributed by atoms with Crippen LogP contribution in [0.2, 0.25) is 0 Å². The van der Waals surface area contributed by atoms with Gasteiger partial charge in [-0.1, -0.05) is 18.3 Å². The van der Waals surface area contributed by atoms with Gasteiger partial charge in [0, 0.05) is 38.1 Å². The van der Waals surface area contributed by atoms with Crippen molar-refractivity contribution in [3.8, 4) is 0 Å². The summed E-state index contributed by atoms with van der Waals surface area (Å²) >= 11 is 10.0. The summed E-state index contributed by atoms with van der Waals surface area (Å²) in [6, 6.07) is 5.13. The molecule has 1 aromatic rings. The number of aliphatic hydroxyl groups is 1. The molecule has 2 N–H and O–H groups in total. The third-order valence-corrected chi connectivity index (χ3v) is 3.78. The van der Waals surface area contributed by atoms with Crippen LogP contribution in [-0.2, 0) is 0 Å². The first-order valence-corrected chi connectivity index (χ1v) is 6.26. The molecule has 1 atom stereocenters. The van der Waals surface area contributed by atoms with E-state index in [-0.39, 0.29) is 0 Å². The first kappa shape index (κ1) is 16.5. The van der Waals surface area contributed by atoms with Gasteiger partial charge in [-0.05, 0) is 19.1 Å². The molecule has 0 saturated carbocycles. The molecule has 0 fully saturated rings. The molecule has 0 spiro atoms. The molecule has 96 valence electrons. The predicted octanol–water partition coefficient (Wildman–Crippen LogP) is 2.54. The maximum Gasteiger partial charge on any atom is 0.351 e. The molecule has 0 saturated heterocycles. The van der Waals surface area contributed by atoms with Crippen molar-refractivity contribution in [3.63, 3.8) is 0 Å². The Bertz CT molecular complexity index is 436. The largest absolute Gasteiger partial charge is 0.428 e. The highest BCUT2D eigenvalue weighted by Gasteiger charge is 2.41. The fourth-order valence-corrected chi connectivity index (χ4v) is 0.711.